The van der Waals surface area contributed by atoms with E-state index in [4.69, 9.17) is 4.84 Å². The Labute approximate surface area is 118 Å². The third-order valence-corrected chi connectivity index (χ3v) is 2.97. The highest BCUT2D eigenvalue weighted by molar-refractivity contribution is 6.21. The van der Waals surface area contributed by atoms with Crippen LogP contribution in [0.2, 0.25) is 0 Å². The van der Waals surface area contributed by atoms with Gasteiger partial charge in [0.15, 0.2) is 0 Å². The zero-order chi connectivity index (χ0) is 15.0. The van der Waals surface area contributed by atoms with E-state index in [1.165, 1.54) is 23.1 Å². The van der Waals surface area contributed by atoms with E-state index >= 15 is 0 Å². The highest BCUT2D eigenvalue weighted by atomic mass is 16.7. The molecule has 2 heterocycles. The molecule has 106 valence electrons. The largest absolute Gasteiger partial charge is 0.403 e. The van der Waals surface area contributed by atoms with Crippen LogP contribution < -0.4 is 0 Å². The quantitative estimate of drug-likeness (QED) is 0.769. The fourth-order valence-corrected chi connectivity index (χ4v) is 1.91. The topological polar surface area (TPSA) is 94.4 Å². The highest BCUT2D eigenvalue weighted by Crippen LogP contribution is 2.22. The van der Waals surface area contributed by atoms with Gasteiger partial charge in [-0.15, -0.1) is 5.10 Å². The Morgan fingerprint density at radius 2 is 1.81 bits per heavy atom. The summed E-state index contributed by atoms with van der Waals surface area (Å²) in [5.74, 6) is -2.54. The lowest BCUT2D eigenvalue weighted by molar-refractivity contribution is -0.0592. The van der Waals surface area contributed by atoms with Crippen LogP contribution in [-0.4, -0.2) is 37.6 Å². The smallest absolute Gasteiger partial charge is 0.321 e. The first-order valence-electron chi connectivity index (χ1n) is 6.21. The zero-order valence-corrected chi connectivity index (χ0v) is 11.0. The minimum Gasteiger partial charge on any atom is -0.321 e. The lowest BCUT2D eigenvalue weighted by Crippen LogP contribution is -2.33. The Kier molecular flexibility index (Phi) is 2.98. The summed E-state index contributed by atoms with van der Waals surface area (Å²) in [7, 11) is 0. The summed E-state index contributed by atoms with van der Waals surface area (Å²) in [5, 5.41) is 4.28. The molecule has 0 aliphatic carbocycles. The number of nitrogens with zero attached hydrogens (tertiary/aromatic N) is 4. The molecule has 0 spiro atoms. The Bertz CT molecular complexity index is 717. The molecule has 0 N–H and O–H groups in total. The average Bonchev–Trinajstić information content (AvgIpc) is 3.07. The number of hydrogen-bond acceptors (Lipinski definition) is 6. The Balaban J connectivity index is 1.82. The van der Waals surface area contributed by atoms with Crippen LogP contribution in [0, 0.1) is 0 Å². The van der Waals surface area contributed by atoms with Gasteiger partial charge in [-0.1, -0.05) is 17.2 Å². The second-order valence-electron chi connectivity index (χ2n) is 4.25. The second-order valence-corrected chi connectivity index (χ2v) is 4.25. The van der Waals surface area contributed by atoms with Gasteiger partial charge in [-0.3, -0.25) is 14.3 Å². The van der Waals surface area contributed by atoms with Crippen molar-refractivity contribution in [2.24, 2.45) is 0 Å². The maximum Gasteiger partial charge on any atom is 0.403 e. The van der Waals surface area contributed by atoms with Crippen LogP contribution in [0.5, 0.6) is 0 Å². The molecule has 2 amide bonds. The predicted molar refractivity (Wildman–Crippen MR) is 68.1 cm³/mol. The van der Waals surface area contributed by atoms with Gasteiger partial charge in [0, 0.05) is 6.54 Å². The van der Waals surface area contributed by atoms with Crippen LogP contribution >= 0.6 is 0 Å². The Morgan fingerprint density at radius 1 is 1.19 bits per heavy atom. The Morgan fingerprint density at radius 3 is 2.33 bits per heavy atom. The van der Waals surface area contributed by atoms with Crippen molar-refractivity contribution in [1.82, 2.24) is 19.8 Å². The van der Waals surface area contributed by atoms with E-state index in [0.717, 1.165) is 0 Å². The van der Waals surface area contributed by atoms with Gasteiger partial charge < -0.3 is 4.84 Å². The lowest BCUT2D eigenvalue weighted by atomic mass is 10.1. The van der Waals surface area contributed by atoms with Gasteiger partial charge >= 0.3 is 5.97 Å². The molecule has 0 unspecified atom stereocenters. The van der Waals surface area contributed by atoms with Crippen molar-refractivity contribution in [3.05, 3.63) is 47.5 Å². The van der Waals surface area contributed by atoms with Gasteiger partial charge in [0.05, 0.1) is 11.1 Å². The molecular formula is C13H10N4O4. The molecule has 0 atom stereocenters. The van der Waals surface area contributed by atoms with E-state index in [2.05, 4.69) is 10.1 Å². The fourth-order valence-electron chi connectivity index (χ4n) is 1.91. The van der Waals surface area contributed by atoms with E-state index in [-0.39, 0.29) is 17.0 Å². The number of aryl methyl sites for hydroxylation is 1. The predicted octanol–water partition coefficient (Wildman–Crippen LogP) is 0.666. The maximum atomic E-state index is 12.0. The number of hydrogen-bond donors (Lipinski definition) is 0. The average molecular weight is 286 g/mol. The molecule has 8 heteroatoms. The summed E-state index contributed by atoms with van der Waals surface area (Å²) >= 11 is 0. The molecule has 2 aromatic rings. The maximum absolute atomic E-state index is 12.0. The van der Waals surface area contributed by atoms with Gasteiger partial charge in [-0.05, 0) is 19.1 Å². The number of fused-ring (bicyclic) bond motifs is 1. The van der Waals surface area contributed by atoms with E-state index in [0.29, 0.717) is 11.6 Å². The molecule has 0 saturated carbocycles. The van der Waals surface area contributed by atoms with Gasteiger partial charge in [-0.25, -0.2) is 9.78 Å². The molecule has 1 aliphatic heterocycles. The number of benzene rings is 1. The molecule has 1 aliphatic rings. The number of carbonyl (C=O) groups is 3. The monoisotopic (exact) mass is 286 g/mol. The zero-order valence-electron chi connectivity index (χ0n) is 11.0. The first-order chi connectivity index (χ1) is 10.1. The van der Waals surface area contributed by atoms with Crippen LogP contribution in [0.1, 0.15) is 38.3 Å². The van der Waals surface area contributed by atoms with E-state index in [1.54, 1.807) is 12.1 Å². The van der Waals surface area contributed by atoms with E-state index < -0.39 is 17.8 Å². The molecule has 0 saturated heterocycles. The molecule has 0 fully saturated rings. The van der Waals surface area contributed by atoms with Gasteiger partial charge in [-0.2, -0.15) is 0 Å². The first kappa shape index (κ1) is 13.0. The molecular weight excluding hydrogens is 276 g/mol. The minimum absolute atomic E-state index is 0.197. The Hall–Kier alpha value is -3.03. The number of hydroxylamine groups is 2. The standard InChI is InChI=1S/C13H10N4O4/c1-2-16-7-14-10(15-16)13(20)21-17-11(18)8-5-3-4-6-9(8)12(17)19/h3-7H,2H2,1H3. The summed E-state index contributed by atoms with van der Waals surface area (Å²) in [6, 6.07) is 6.24. The van der Waals surface area contributed by atoms with Crippen molar-refractivity contribution in [2.75, 3.05) is 0 Å². The number of rotatable bonds is 3. The summed E-state index contributed by atoms with van der Waals surface area (Å²) in [5.41, 5.74) is 0.393. The molecule has 3 rings (SSSR count). The summed E-state index contributed by atoms with van der Waals surface area (Å²) in [6.45, 7) is 2.36. The number of carbonyl (C=O) groups excluding carboxylic acids is 3. The van der Waals surface area contributed by atoms with Crippen LogP contribution in [0.25, 0.3) is 0 Å². The number of aromatic nitrogens is 3. The summed E-state index contributed by atoms with van der Waals surface area (Å²) in [4.78, 5) is 44.5. The van der Waals surface area contributed by atoms with Crippen molar-refractivity contribution >= 4 is 17.8 Å². The van der Waals surface area contributed by atoms with Crippen LogP contribution in [0.4, 0.5) is 0 Å². The van der Waals surface area contributed by atoms with Crippen molar-refractivity contribution < 1.29 is 19.2 Å². The molecule has 21 heavy (non-hydrogen) atoms. The van der Waals surface area contributed by atoms with E-state index in [9.17, 15) is 14.4 Å². The molecule has 0 bridgehead atoms. The molecule has 0 radical (unpaired) electrons. The van der Waals surface area contributed by atoms with Crippen LogP contribution in [-0.2, 0) is 11.4 Å². The summed E-state index contributed by atoms with van der Waals surface area (Å²) < 4.78 is 1.43. The van der Waals surface area contributed by atoms with Crippen LogP contribution in [0.3, 0.4) is 0 Å². The minimum atomic E-state index is -0.961. The van der Waals surface area contributed by atoms with Gasteiger partial charge in [0.1, 0.15) is 6.33 Å². The second kappa shape index (κ2) is 4.82. The molecule has 1 aromatic carbocycles. The van der Waals surface area contributed by atoms with Crippen molar-refractivity contribution in [1.29, 1.82) is 0 Å². The third-order valence-electron chi connectivity index (χ3n) is 2.97. The highest BCUT2D eigenvalue weighted by Gasteiger charge is 2.39. The normalized spacial score (nSPS) is 13.5. The van der Waals surface area contributed by atoms with Gasteiger partial charge in [0.25, 0.3) is 17.6 Å². The van der Waals surface area contributed by atoms with Crippen LogP contribution in [0.15, 0.2) is 30.6 Å². The van der Waals surface area contributed by atoms with Gasteiger partial charge in [0.2, 0.25) is 0 Å². The van der Waals surface area contributed by atoms with E-state index in [1.807, 2.05) is 6.92 Å². The van der Waals surface area contributed by atoms with Crippen molar-refractivity contribution in [3.8, 4) is 0 Å². The molecule has 8 nitrogen and oxygen atoms in total. The number of amides is 2. The fraction of sp³-hybridized carbons (Fsp3) is 0.154. The number of imide groups is 1. The van der Waals surface area contributed by atoms with Crippen molar-refractivity contribution in [2.45, 2.75) is 13.5 Å². The van der Waals surface area contributed by atoms with Crippen molar-refractivity contribution in [3.63, 3.8) is 0 Å². The third kappa shape index (κ3) is 2.06. The summed E-state index contributed by atoms with van der Waals surface area (Å²) in [6.07, 6.45) is 1.36. The first-order valence-corrected chi connectivity index (χ1v) is 6.21. The lowest BCUT2D eigenvalue weighted by Gasteiger charge is -2.10. The molecule has 1 aromatic heterocycles. The SMILES string of the molecule is CCn1cnc(C(=O)ON2C(=O)c3ccccc3C2=O)n1.